The number of rotatable bonds is 7. The zero-order chi connectivity index (χ0) is 19.8. The van der Waals surface area contributed by atoms with Gasteiger partial charge in [0.15, 0.2) is 0 Å². The minimum atomic E-state index is -0.763. The third kappa shape index (κ3) is 6.00. The molecule has 0 saturated heterocycles. The van der Waals surface area contributed by atoms with Crippen LogP contribution in [0.15, 0.2) is 24.4 Å². The van der Waals surface area contributed by atoms with Crippen molar-refractivity contribution in [3.8, 4) is 0 Å². The number of nitrogens with two attached hydrogens (primary N) is 1. The van der Waals surface area contributed by atoms with Gasteiger partial charge in [-0.25, -0.2) is 20.1 Å². The van der Waals surface area contributed by atoms with Crippen molar-refractivity contribution in [2.75, 3.05) is 23.1 Å². The molecule has 0 bridgehead atoms. The number of aromatic nitrogens is 2. The van der Waals surface area contributed by atoms with Crippen molar-refractivity contribution >= 4 is 41.1 Å². The molecule has 2 amide bonds. The Morgan fingerprint density at radius 2 is 2.11 bits per heavy atom. The van der Waals surface area contributed by atoms with E-state index < -0.39 is 12.0 Å². The van der Waals surface area contributed by atoms with Gasteiger partial charge in [-0.15, -0.1) is 0 Å². The fraction of sp³-hybridized carbons (Fsp3) is 0.294. The number of hydrogen-bond donors (Lipinski definition) is 4. The van der Waals surface area contributed by atoms with Gasteiger partial charge >= 0.3 is 12.0 Å². The van der Waals surface area contributed by atoms with Gasteiger partial charge in [-0.3, -0.25) is 5.32 Å². The molecule has 0 spiro atoms. The lowest BCUT2D eigenvalue weighted by molar-refractivity contribution is 0.0596. The number of aryl methyl sites for hydroxylation is 1. The van der Waals surface area contributed by atoms with Crippen LogP contribution in [0.2, 0.25) is 5.02 Å². The fourth-order valence-corrected chi connectivity index (χ4v) is 2.26. The summed E-state index contributed by atoms with van der Waals surface area (Å²) < 4.78 is 0. The highest BCUT2D eigenvalue weighted by atomic mass is 35.5. The zero-order valence-corrected chi connectivity index (χ0v) is 15.8. The molecule has 0 unspecified atom stereocenters. The molecule has 10 heteroatoms. The minimum Gasteiger partial charge on any atom is -0.383 e. The third-order valence-corrected chi connectivity index (χ3v) is 3.76. The van der Waals surface area contributed by atoms with E-state index in [-0.39, 0.29) is 17.3 Å². The van der Waals surface area contributed by atoms with Gasteiger partial charge in [0.25, 0.3) is 0 Å². The molecule has 0 saturated carbocycles. The predicted molar refractivity (Wildman–Crippen MR) is 104 cm³/mol. The van der Waals surface area contributed by atoms with Gasteiger partial charge in [0.1, 0.15) is 11.4 Å². The van der Waals surface area contributed by atoms with Crippen LogP contribution in [0.1, 0.15) is 35.7 Å². The molecule has 0 fully saturated rings. The Balaban J connectivity index is 1.95. The average molecular weight is 393 g/mol. The summed E-state index contributed by atoms with van der Waals surface area (Å²) in [6.07, 6.45) is 3.01. The summed E-state index contributed by atoms with van der Waals surface area (Å²) in [6, 6.07) is 4.61. The Bertz CT molecular complexity index is 830. The van der Waals surface area contributed by atoms with Gasteiger partial charge in [0, 0.05) is 17.8 Å². The second-order valence-corrected chi connectivity index (χ2v) is 6.11. The number of carbonyl (C=O) groups is 2. The van der Waals surface area contributed by atoms with Gasteiger partial charge in [0.05, 0.1) is 5.69 Å². The van der Waals surface area contributed by atoms with Crippen molar-refractivity contribution in [1.82, 2.24) is 15.3 Å². The summed E-state index contributed by atoms with van der Waals surface area (Å²) >= 11 is 5.88. The molecule has 9 nitrogen and oxygen atoms in total. The van der Waals surface area contributed by atoms with Crippen LogP contribution in [0.5, 0.6) is 0 Å². The van der Waals surface area contributed by atoms with E-state index in [0.717, 1.165) is 18.4 Å². The Morgan fingerprint density at radius 3 is 2.78 bits per heavy atom. The van der Waals surface area contributed by atoms with Gasteiger partial charge in [0.2, 0.25) is 5.95 Å². The molecule has 0 aliphatic rings. The van der Waals surface area contributed by atoms with Crippen LogP contribution in [-0.2, 0) is 4.84 Å². The standard InChI is InChI=1S/C17H21ClN6O3/c1-3-4-7-20-17(26)23-16-21-9-12(14(19)22-16)15(25)27-24-13-6-5-11(18)8-10(13)2/h5-6,8-9,24H,3-4,7H2,1-2H3,(H4,19,20,21,22,23,26). The van der Waals surface area contributed by atoms with Crippen molar-refractivity contribution in [2.24, 2.45) is 0 Å². The molecule has 0 aliphatic carbocycles. The second-order valence-electron chi connectivity index (χ2n) is 5.68. The SMILES string of the molecule is CCCCNC(=O)Nc1ncc(C(=O)ONc2ccc(Cl)cc2C)c(N)n1. The van der Waals surface area contributed by atoms with Crippen LogP contribution >= 0.6 is 11.6 Å². The maximum atomic E-state index is 12.2. The molecule has 2 rings (SSSR count). The Hall–Kier alpha value is -3.07. The van der Waals surface area contributed by atoms with E-state index in [4.69, 9.17) is 22.2 Å². The Morgan fingerprint density at radius 1 is 1.33 bits per heavy atom. The van der Waals surface area contributed by atoms with Crippen LogP contribution in [0.25, 0.3) is 0 Å². The molecule has 0 radical (unpaired) electrons. The molecule has 0 aliphatic heterocycles. The lowest BCUT2D eigenvalue weighted by atomic mass is 10.2. The maximum Gasteiger partial charge on any atom is 0.368 e. The topological polar surface area (TPSA) is 131 Å². The van der Waals surface area contributed by atoms with E-state index in [1.54, 1.807) is 18.2 Å². The second kappa shape index (κ2) is 9.58. The number of nitrogen functional groups attached to an aromatic ring is 1. The summed E-state index contributed by atoms with van der Waals surface area (Å²) in [4.78, 5) is 36.6. The lowest BCUT2D eigenvalue weighted by Gasteiger charge is -2.11. The van der Waals surface area contributed by atoms with Crippen molar-refractivity contribution < 1.29 is 14.4 Å². The number of anilines is 3. The van der Waals surface area contributed by atoms with Crippen LogP contribution in [-0.4, -0.2) is 28.5 Å². The molecular formula is C17H21ClN6O3. The normalized spacial score (nSPS) is 10.2. The van der Waals surface area contributed by atoms with Crippen LogP contribution in [0, 0.1) is 6.92 Å². The maximum absolute atomic E-state index is 12.2. The highest BCUT2D eigenvalue weighted by molar-refractivity contribution is 6.30. The Kier molecular flexibility index (Phi) is 7.18. The van der Waals surface area contributed by atoms with Gasteiger partial charge in [-0.2, -0.15) is 4.98 Å². The smallest absolute Gasteiger partial charge is 0.368 e. The number of unbranched alkanes of at least 4 members (excludes halogenated alkanes) is 1. The molecule has 1 aromatic carbocycles. The van der Waals surface area contributed by atoms with E-state index >= 15 is 0 Å². The number of benzene rings is 1. The van der Waals surface area contributed by atoms with Crippen LogP contribution in [0.4, 0.5) is 22.2 Å². The molecule has 2 aromatic rings. The first-order chi connectivity index (χ1) is 12.9. The van der Waals surface area contributed by atoms with Gasteiger partial charge in [-0.1, -0.05) is 24.9 Å². The van der Waals surface area contributed by atoms with Crippen LogP contribution in [0.3, 0.4) is 0 Å². The van der Waals surface area contributed by atoms with Gasteiger partial charge < -0.3 is 15.9 Å². The molecule has 144 valence electrons. The molecule has 1 aromatic heterocycles. The average Bonchev–Trinajstić information content (AvgIpc) is 2.61. The number of halogens is 1. The summed E-state index contributed by atoms with van der Waals surface area (Å²) in [5, 5.41) is 5.67. The number of nitrogens with zero attached hydrogens (tertiary/aromatic N) is 2. The van der Waals surface area contributed by atoms with Crippen LogP contribution < -0.4 is 21.8 Å². The van der Waals surface area contributed by atoms with Crippen molar-refractivity contribution in [3.05, 3.63) is 40.5 Å². The van der Waals surface area contributed by atoms with Crippen molar-refractivity contribution in [1.29, 1.82) is 0 Å². The van der Waals surface area contributed by atoms with E-state index in [1.165, 1.54) is 6.20 Å². The highest BCUT2D eigenvalue weighted by Crippen LogP contribution is 2.20. The largest absolute Gasteiger partial charge is 0.383 e. The van der Waals surface area contributed by atoms with E-state index in [9.17, 15) is 9.59 Å². The first-order valence-corrected chi connectivity index (χ1v) is 8.69. The molecule has 27 heavy (non-hydrogen) atoms. The summed E-state index contributed by atoms with van der Waals surface area (Å²) in [5.41, 5.74) is 9.65. The number of carbonyl (C=O) groups excluding carboxylic acids is 2. The monoisotopic (exact) mass is 392 g/mol. The summed E-state index contributed by atoms with van der Waals surface area (Å²) in [7, 11) is 0. The lowest BCUT2D eigenvalue weighted by Crippen LogP contribution is -2.30. The molecule has 1 heterocycles. The quantitative estimate of drug-likeness (QED) is 0.420. The number of nitrogens with one attached hydrogen (secondary N) is 3. The highest BCUT2D eigenvalue weighted by Gasteiger charge is 2.16. The van der Waals surface area contributed by atoms with E-state index in [1.807, 2.05) is 13.8 Å². The first kappa shape index (κ1) is 20.2. The number of hydrogen-bond acceptors (Lipinski definition) is 7. The number of amides is 2. The van der Waals surface area contributed by atoms with Crippen molar-refractivity contribution in [2.45, 2.75) is 26.7 Å². The molecular weight excluding hydrogens is 372 g/mol. The number of urea groups is 1. The molecule has 0 atom stereocenters. The third-order valence-electron chi connectivity index (χ3n) is 3.52. The van der Waals surface area contributed by atoms with E-state index in [0.29, 0.717) is 17.3 Å². The van der Waals surface area contributed by atoms with Gasteiger partial charge in [-0.05, 0) is 37.1 Å². The minimum absolute atomic E-state index is 0.0143. The predicted octanol–water partition coefficient (Wildman–Crippen LogP) is 3.13. The first-order valence-electron chi connectivity index (χ1n) is 8.31. The fourth-order valence-electron chi connectivity index (χ4n) is 2.03. The summed E-state index contributed by atoms with van der Waals surface area (Å²) in [5.74, 6) is -0.895. The summed E-state index contributed by atoms with van der Waals surface area (Å²) in [6.45, 7) is 4.37. The zero-order valence-electron chi connectivity index (χ0n) is 15.0. The van der Waals surface area contributed by atoms with E-state index in [2.05, 4.69) is 26.1 Å². The van der Waals surface area contributed by atoms with Crippen molar-refractivity contribution in [3.63, 3.8) is 0 Å². The molecule has 5 N–H and O–H groups in total. The Labute approximate surface area is 161 Å².